The van der Waals surface area contributed by atoms with Crippen molar-refractivity contribution >= 4 is 16.5 Å². The molecule has 0 spiro atoms. The van der Waals surface area contributed by atoms with Crippen LogP contribution in [-0.4, -0.2) is 44.9 Å². The van der Waals surface area contributed by atoms with Crippen LogP contribution in [0.1, 0.15) is 17.8 Å². The molecule has 3 aromatic heterocycles. The molecule has 0 aromatic carbocycles. The fourth-order valence-corrected chi connectivity index (χ4v) is 4.24. The van der Waals surface area contributed by atoms with Crippen molar-refractivity contribution in [2.24, 2.45) is 5.92 Å². The van der Waals surface area contributed by atoms with E-state index >= 15 is 0 Å². The van der Waals surface area contributed by atoms with Crippen LogP contribution in [-0.2, 0) is 17.9 Å². The van der Waals surface area contributed by atoms with Gasteiger partial charge in [-0.2, -0.15) is 0 Å². The van der Waals surface area contributed by atoms with Crippen molar-refractivity contribution < 1.29 is 4.74 Å². The summed E-state index contributed by atoms with van der Waals surface area (Å²) < 4.78 is 6.82. The van der Waals surface area contributed by atoms with Crippen molar-refractivity contribution in [1.29, 1.82) is 0 Å². The molecule has 4 rings (SSSR count). The minimum atomic E-state index is -0.0235. The molecule has 1 aliphatic heterocycles. The van der Waals surface area contributed by atoms with Gasteiger partial charge in [0.2, 0.25) is 5.13 Å². The molecule has 4 heterocycles. The SMILES string of the molecule is COCc1nnc(N2CCC(Cn3cnc(-c4cccnc4)cc3=O)CC2)s1. The van der Waals surface area contributed by atoms with E-state index in [-0.39, 0.29) is 5.56 Å². The van der Waals surface area contributed by atoms with Crippen molar-refractivity contribution in [3.05, 3.63) is 52.3 Å². The maximum Gasteiger partial charge on any atom is 0.253 e. The number of hydrogen-bond donors (Lipinski definition) is 0. The molecular formula is C19H22N6O2S. The van der Waals surface area contributed by atoms with Crippen LogP contribution in [0, 0.1) is 5.92 Å². The minimum Gasteiger partial charge on any atom is -0.377 e. The number of piperidine rings is 1. The van der Waals surface area contributed by atoms with Crippen LogP contribution >= 0.6 is 11.3 Å². The summed E-state index contributed by atoms with van der Waals surface area (Å²) >= 11 is 1.58. The number of methoxy groups -OCH3 is 1. The molecule has 0 bridgehead atoms. The molecule has 0 saturated carbocycles. The molecule has 0 aliphatic carbocycles. The quantitative estimate of drug-likeness (QED) is 0.629. The third-order valence-corrected chi connectivity index (χ3v) is 5.86. The fraction of sp³-hybridized carbons (Fsp3) is 0.421. The Morgan fingerprint density at radius 2 is 2.14 bits per heavy atom. The molecule has 8 nitrogen and oxygen atoms in total. The number of ether oxygens (including phenoxy) is 1. The van der Waals surface area contributed by atoms with Crippen LogP contribution in [0.3, 0.4) is 0 Å². The average Bonchev–Trinajstić information content (AvgIpc) is 3.20. The van der Waals surface area contributed by atoms with Gasteiger partial charge in [-0.25, -0.2) is 4.98 Å². The summed E-state index contributed by atoms with van der Waals surface area (Å²) in [4.78, 5) is 23.3. The molecule has 0 radical (unpaired) electrons. The van der Waals surface area contributed by atoms with E-state index < -0.39 is 0 Å². The molecule has 0 atom stereocenters. The lowest BCUT2D eigenvalue weighted by Crippen LogP contribution is -2.36. The van der Waals surface area contributed by atoms with Gasteiger partial charge in [-0.1, -0.05) is 11.3 Å². The monoisotopic (exact) mass is 398 g/mol. The van der Waals surface area contributed by atoms with Crippen molar-refractivity contribution in [2.75, 3.05) is 25.1 Å². The van der Waals surface area contributed by atoms with Crippen LogP contribution < -0.4 is 10.5 Å². The third kappa shape index (κ3) is 4.26. The Bertz CT molecular complexity index is 966. The second-order valence-corrected chi connectivity index (χ2v) is 7.89. The van der Waals surface area contributed by atoms with Crippen LogP contribution in [0.4, 0.5) is 5.13 Å². The van der Waals surface area contributed by atoms with Gasteiger partial charge in [-0.05, 0) is 30.9 Å². The highest BCUT2D eigenvalue weighted by Crippen LogP contribution is 2.27. The largest absolute Gasteiger partial charge is 0.377 e. The number of rotatable bonds is 6. The van der Waals surface area contributed by atoms with E-state index in [0.717, 1.165) is 41.6 Å². The summed E-state index contributed by atoms with van der Waals surface area (Å²) in [6.07, 6.45) is 7.09. The Morgan fingerprint density at radius 3 is 2.86 bits per heavy atom. The summed E-state index contributed by atoms with van der Waals surface area (Å²) in [5.41, 5.74) is 1.49. The fourth-order valence-electron chi connectivity index (χ4n) is 3.37. The van der Waals surface area contributed by atoms with Gasteiger partial charge in [-0.3, -0.25) is 14.3 Å². The lowest BCUT2D eigenvalue weighted by Gasteiger charge is -2.31. The second kappa shape index (κ2) is 8.57. The van der Waals surface area contributed by atoms with Crippen molar-refractivity contribution in [1.82, 2.24) is 24.7 Å². The number of pyridine rings is 1. The van der Waals surface area contributed by atoms with Gasteiger partial charge in [0.15, 0.2) is 0 Å². The molecule has 0 amide bonds. The van der Waals surface area contributed by atoms with E-state index in [1.54, 1.807) is 47.8 Å². The lowest BCUT2D eigenvalue weighted by molar-refractivity contribution is 0.184. The van der Waals surface area contributed by atoms with Crippen LogP contribution in [0.5, 0.6) is 0 Å². The predicted octanol–water partition coefficient (Wildman–Crippen LogP) is 2.22. The van der Waals surface area contributed by atoms with E-state index in [2.05, 4.69) is 25.1 Å². The Labute approximate surface area is 166 Å². The third-order valence-electron chi connectivity index (χ3n) is 4.90. The number of anilines is 1. The summed E-state index contributed by atoms with van der Waals surface area (Å²) in [5.74, 6) is 0.450. The summed E-state index contributed by atoms with van der Waals surface area (Å²) in [7, 11) is 1.66. The summed E-state index contributed by atoms with van der Waals surface area (Å²) in [5, 5.41) is 10.3. The Morgan fingerprint density at radius 1 is 1.29 bits per heavy atom. The Balaban J connectivity index is 1.36. The van der Waals surface area contributed by atoms with Crippen LogP contribution in [0.15, 0.2) is 41.7 Å². The Hall–Kier alpha value is -2.65. The molecular weight excluding hydrogens is 376 g/mol. The van der Waals surface area contributed by atoms with Crippen molar-refractivity contribution in [3.63, 3.8) is 0 Å². The molecule has 146 valence electrons. The zero-order valence-electron chi connectivity index (χ0n) is 15.7. The van der Waals surface area contributed by atoms with Gasteiger partial charge in [0.1, 0.15) is 11.6 Å². The highest BCUT2D eigenvalue weighted by Gasteiger charge is 2.22. The molecule has 3 aromatic rings. The highest BCUT2D eigenvalue weighted by atomic mass is 32.1. The van der Waals surface area contributed by atoms with Gasteiger partial charge in [-0.15, -0.1) is 10.2 Å². The van der Waals surface area contributed by atoms with Gasteiger partial charge < -0.3 is 9.64 Å². The van der Waals surface area contributed by atoms with Gasteiger partial charge >= 0.3 is 0 Å². The maximum absolute atomic E-state index is 12.5. The molecule has 28 heavy (non-hydrogen) atoms. The topological polar surface area (TPSA) is 86.0 Å². The second-order valence-electron chi connectivity index (χ2n) is 6.85. The highest BCUT2D eigenvalue weighted by molar-refractivity contribution is 7.15. The number of hydrogen-bond acceptors (Lipinski definition) is 8. The zero-order valence-corrected chi connectivity index (χ0v) is 16.5. The van der Waals surface area contributed by atoms with Crippen LogP contribution in [0.2, 0.25) is 0 Å². The molecule has 0 N–H and O–H groups in total. The first-order chi connectivity index (χ1) is 13.7. The molecule has 1 aliphatic rings. The normalized spacial score (nSPS) is 15.1. The predicted molar refractivity (Wildman–Crippen MR) is 107 cm³/mol. The van der Waals surface area contributed by atoms with E-state index in [0.29, 0.717) is 24.8 Å². The first-order valence-corrected chi connectivity index (χ1v) is 10.1. The average molecular weight is 398 g/mol. The minimum absolute atomic E-state index is 0.0235. The van der Waals surface area contributed by atoms with E-state index in [4.69, 9.17) is 4.74 Å². The van der Waals surface area contributed by atoms with E-state index in [9.17, 15) is 4.79 Å². The number of aromatic nitrogens is 5. The smallest absolute Gasteiger partial charge is 0.253 e. The Kier molecular flexibility index (Phi) is 5.73. The number of nitrogens with zero attached hydrogens (tertiary/aromatic N) is 6. The molecule has 1 saturated heterocycles. The molecule has 1 fully saturated rings. The standard InChI is InChI=1S/C19H22N6O2S/c1-27-12-17-22-23-19(28-17)24-7-4-14(5-8-24)11-25-13-21-16(9-18(25)26)15-3-2-6-20-10-15/h2-3,6,9-10,13-14H,4-5,7-8,11-12H2,1H3. The van der Waals surface area contributed by atoms with Crippen LogP contribution in [0.25, 0.3) is 11.3 Å². The first kappa shape index (κ1) is 18.7. The zero-order chi connectivity index (χ0) is 19.3. The first-order valence-electron chi connectivity index (χ1n) is 9.26. The van der Waals surface area contributed by atoms with E-state index in [1.165, 1.54) is 0 Å². The van der Waals surface area contributed by atoms with Gasteiger partial charge in [0.25, 0.3) is 5.56 Å². The summed E-state index contributed by atoms with van der Waals surface area (Å²) in [6, 6.07) is 5.33. The van der Waals surface area contributed by atoms with Crippen molar-refractivity contribution in [2.45, 2.75) is 26.0 Å². The van der Waals surface area contributed by atoms with Gasteiger partial charge in [0.05, 0.1) is 12.0 Å². The van der Waals surface area contributed by atoms with Gasteiger partial charge in [0, 0.05) is 50.8 Å². The molecule has 0 unspecified atom stereocenters. The summed E-state index contributed by atoms with van der Waals surface area (Å²) in [6.45, 7) is 3.03. The lowest BCUT2D eigenvalue weighted by atomic mass is 9.97. The van der Waals surface area contributed by atoms with Crippen molar-refractivity contribution in [3.8, 4) is 11.3 Å². The van der Waals surface area contributed by atoms with E-state index in [1.807, 2.05) is 12.1 Å². The molecule has 9 heteroatoms. The maximum atomic E-state index is 12.5.